The molecule has 0 aliphatic carbocycles. The summed E-state index contributed by atoms with van der Waals surface area (Å²) in [6, 6.07) is 0. The second-order valence-electron chi connectivity index (χ2n) is 0.781. The van der Waals surface area contributed by atoms with E-state index in [0.29, 0.717) is 0 Å². The third-order valence-corrected chi connectivity index (χ3v) is 0. The summed E-state index contributed by atoms with van der Waals surface area (Å²) in [6.07, 6.45) is 0. The van der Waals surface area contributed by atoms with Gasteiger partial charge in [0.2, 0.25) is 0 Å². The molecule has 0 atom stereocenters. The molecule has 4 heteroatoms. The quantitative estimate of drug-likeness (QED) is 0.467. The molecule has 0 bridgehead atoms. The fourth-order valence-electron chi connectivity index (χ4n) is 0. The molecule has 0 saturated carbocycles. The van der Waals surface area contributed by atoms with Crippen molar-refractivity contribution in [3.63, 3.8) is 0 Å². The van der Waals surface area contributed by atoms with Crippen LogP contribution in [0.2, 0.25) is 0 Å². The predicted molar refractivity (Wildman–Crippen MR) is 16.0 cm³/mol. The molecule has 0 aliphatic rings. The van der Waals surface area contributed by atoms with Gasteiger partial charge in [-0.1, -0.05) is 0 Å². The molecule has 0 nitrogen and oxygen atoms in total. The molecule has 0 rings (SSSR count). The number of hydrogen-bond donors (Lipinski definition) is 0. The summed E-state index contributed by atoms with van der Waals surface area (Å²) in [5.74, 6) is 0. The molecule has 0 saturated heterocycles. The standard InChI is InChI=1S/CF3.Sn.3H/c2-1(3)4;;;;. The maximum absolute atomic E-state index is 10.4. The van der Waals surface area contributed by atoms with Gasteiger partial charge in [0.25, 0.3) is 0 Å². The zero-order valence-corrected chi connectivity index (χ0v) is 8.34. The molecular weight excluding hydrogens is 188 g/mol. The van der Waals surface area contributed by atoms with E-state index in [-0.39, 0.29) is 0 Å². The van der Waals surface area contributed by atoms with E-state index >= 15 is 0 Å². The van der Waals surface area contributed by atoms with Gasteiger partial charge in [-0.15, -0.1) is 0 Å². The van der Waals surface area contributed by atoms with Crippen LogP contribution in [0, 0.1) is 0 Å². The van der Waals surface area contributed by atoms with Crippen molar-refractivity contribution in [2.24, 2.45) is 0 Å². The molecule has 0 unspecified atom stereocenters. The van der Waals surface area contributed by atoms with Crippen LogP contribution in [0.3, 0.4) is 0 Å². The van der Waals surface area contributed by atoms with Crippen molar-refractivity contribution in [2.75, 3.05) is 0 Å². The first-order chi connectivity index (χ1) is 2.00. The Morgan fingerprint density at radius 3 is 1.20 bits per heavy atom. The Morgan fingerprint density at radius 1 is 1.20 bits per heavy atom. The van der Waals surface area contributed by atoms with Crippen molar-refractivity contribution in [1.82, 2.24) is 0 Å². The minimum atomic E-state index is -3.79. The normalized spacial score (nSPS) is 12.6. The summed E-state index contributed by atoms with van der Waals surface area (Å²) in [5, 5.41) is 0. The maximum atomic E-state index is 10.4. The van der Waals surface area contributed by atoms with Gasteiger partial charge in [0, 0.05) is 0 Å². The Balaban J connectivity index is 3.02. The first-order valence-corrected chi connectivity index (χ1v) is 3.92. The van der Waals surface area contributed by atoms with Gasteiger partial charge in [0.05, 0.1) is 0 Å². The Kier molecular flexibility index (Phi) is 1.52. The van der Waals surface area contributed by atoms with Crippen LogP contribution >= 0.6 is 0 Å². The van der Waals surface area contributed by atoms with Crippen LogP contribution in [-0.4, -0.2) is 26.7 Å². The monoisotopic (exact) mass is 192 g/mol. The van der Waals surface area contributed by atoms with E-state index in [0.717, 1.165) is 0 Å². The van der Waals surface area contributed by atoms with E-state index in [1.807, 2.05) is 0 Å². The Hall–Kier alpha value is 0.589. The molecule has 0 aromatic carbocycles. The van der Waals surface area contributed by atoms with Gasteiger partial charge < -0.3 is 0 Å². The summed E-state index contributed by atoms with van der Waals surface area (Å²) in [6.45, 7) is 0. The average Bonchev–Trinajstić information content (AvgIpc) is 0.722. The summed E-state index contributed by atoms with van der Waals surface area (Å²) in [7, 11) is 0. The van der Waals surface area contributed by atoms with Crippen molar-refractivity contribution >= 4 is 22.5 Å². The zero-order valence-electron chi connectivity index (χ0n) is 2.63. The Bertz CT molecular complexity index is 22.4. The molecule has 0 aromatic heterocycles. The fraction of sp³-hybridized carbons (Fsp3) is 1.00. The third kappa shape index (κ3) is 88.7. The average molecular weight is 191 g/mol. The van der Waals surface area contributed by atoms with E-state index in [1.165, 1.54) is 0 Å². The molecule has 32 valence electrons. The van der Waals surface area contributed by atoms with Gasteiger partial charge in [0.1, 0.15) is 0 Å². The van der Waals surface area contributed by atoms with E-state index in [9.17, 15) is 13.2 Å². The first kappa shape index (κ1) is 5.59. The molecule has 0 aromatic rings. The van der Waals surface area contributed by atoms with Gasteiger partial charge in [-0.3, -0.25) is 0 Å². The van der Waals surface area contributed by atoms with E-state index < -0.39 is 26.7 Å². The van der Waals surface area contributed by atoms with Gasteiger partial charge in [-0.25, -0.2) is 0 Å². The SMILES string of the molecule is F[C](F)(F)[SnH3]. The number of hydrogen-bond acceptors (Lipinski definition) is 0. The van der Waals surface area contributed by atoms with Gasteiger partial charge in [-0.2, -0.15) is 0 Å². The second kappa shape index (κ2) is 1.36. The van der Waals surface area contributed by atoms with Crippen molar-refractivity contribution in [3.8, 4) is 0 Å². The van der Waals surface area contributed by atoms with Crippen molar-refractivity contribution < 1.29 is 13.2 Å². The summed E-state index contributed by atoms with van der Waals surface area (Å²) in [5.41, 5.74) is 0. The molecule has 0 heterocycles. The first-order valence-electron chi connectivity index (χ1n) is 1.07. The van der Waals surface area contributed by atoms with Crippen LogP contribution in [0.5, 0.6) is 0 Å². The molecule has 0 N–H and O–H groups in total. The van der Waals surface area contributed by atoms with Crippen LogP contribution < -0.4 is 0 Å². The van der Waals surface area contributed by atoms with Gasteiger partial charge >= 0.3 is 39.9 Å². The van der Waals surface area contributed by atoms with Crippen LogP contribution in [-0.2, 0) is 0 Å². The predicted octanol–water partition coefficient (Wildman–Crippen LogP) is -0.128. The van der Waals surface area contributed by atoms with Crippen molar-refractivity contribution in [2.45, 2.75) is 4.19 Å². The van der Waals surface area contributed by atoms with Crippen LogP contribution in [0.15, 0.2) is 0 Å². The molecule has 0 radical (unpaired) electrons. The fourth-order valence-corrected chi connectivity index (χ4v) is 0. The summed E-state index contributed by atoms with van der Waals surface area (Å²) >= 11 is -1.14. The van der Waals surface area contributed by atoms with Gasteiger partial charge in [-0.05, 0) is 0 Å². The molecule has 0 aliphatic heterocycles. The summed E-state index contributed by atoms with van der Waals surface area (Å²) in [4.78, 5) is 0. The van der Waals surface area contributed by atoms with Crippen LogP contribution in [0.25, 0.3) is 0 Å². The zero-order chi connectivity index (χ0) is 4.50. The number of halogens is 3. The van der Waals surface area contributed by atoms with Crippen molar-refractivity contribution in [3.05, 3.63) is 0 Å². The van der Waals surface area contributed by atoms with E-state index in [4.69, 9.17) is 0 Å². The number of alkyl halides is 3. The van der Waals surface area contributed by atoms with E-state index in [1.54, 1.807) is 0 Å². The molecule has 0 fully saturated rings. The van der Waals surface area contributed by atoms with Crippen LogP contribution in [0.1, 0.15) is 0 Å². The van der Waals surface area contributed by atoms with Gasteiger partial charge in [0.15, 0.2) is 0 Å². The second-order valence-corrected chi connectivity index (χ2v) is 4.02. The molecule has 0 spiro atoms. The third-order valence-electron chi connectivity index (χ3n) is 0. The summed E-state index contributed by atoms with van der Waals surface area (Å²) < 4.78 is 27.6. The molecule has 0 amide bonds. The van der Waals surface area contributed by atoms with Crippen LogP contribution in [0.4, 0.5) is 13.2 Å². The topological polar surface area (TPSA) is 0 Å². The minimum absolute atomic E-state index is 1.14. The van der Waals surface area contributed by atoms with Crippen molar-refractivity contribution in [1.29, 1.82) is 0 Å². The number of rotatable bonds is 0. The molecule has 5 heavy (non-hydrogen) atoms. The molecular formula is CH3F3Sn. The Morgan fingerprint density at radius 2 is 1.20 bits per heavy atom. The van der Waals surface area contributed by atoms with E-state index in [2.05, 4.69) is 0 Å². The Labute approximate surface area is 40.4 Å².